The number of benzene rings is 1. The Hall–Kier alpha value is -1.45. The first-order chi connectivity index (χ1) is 9.00. The predicted molar refractivity (Wildman–Crippen MR) is 74.0 cm³/mol. The van der Waals surface area contributed by atoms with Crippen molar-refractivity contribution in [3.63, 3.8) is 0 Å². The number of rotatable bonds is 1. The predicted octanol–water partition coefficient (Wildman–Crippen LogP) is 5.87. The van der Waals surface area contributed by atoms with E-state index in [0.29, 0.717) is 16.7 Å². The minimum absolute atomic E-state index is 0.0356. The highest BCUT2D eigenvalue weighted by molar-refractivity contribution is 5.83. The third kappa shape index (κ3) is 2.69. The van der Waals surface area contributed by atoms with E-state index in [4.69, 9.17) is 4.42 Å². The monoisotopic (exact) mass is 284 g/mol. The number of fused-ring (bicyclic) bond motifs is 1. The van der Waals surface area contributed by atoms with Crippen LogP contribution in [-0.2, 0) is 11.6 Å². The molecule has 0 amide bonds. The smallest absolute Gasteiger partial charge is 0.420 e. The fourth-order valence-electron chi connectivity index (χ4n) is 2.09. The van der Waals surface area contributed by atoms with Crippen LogP contribution in [0.15, 0.2) is 22.6 Å². The van der Waals surface area contributed by atoms with Gasteiger partial charge in [0.2, 0.25) is 0 Å². The van der Waals surface area contributed by atoms with E-state index in [2.05, 4.69) is 0 Å². The molecule has 2 rings (SSSR count). The molecule has 1 heterocycles. The molecule has 4 heteroatoms. The Morgan fingerprint density at radius 3 is 2.05 bits per heavy atom. The van der Waals surface area contributed by atoms with Gasteiger partial charge in [-0.15, -0.1) is 0 Å². The van der Waals surface area contributed by atoms with E-state index in [9.17, 15) is 13.2 Å². The molecular formula is C16H19F3O. The van der Waals surface area contributed by atoms with Crippen molar-refractivity contribution in [1.29, 1.82) is 0 Å². The third-order valence-electron chi connectivity index (χ3n) is 3.35. The van der Waals surface area contributed by atoms with Gasteiger partial charge in [-0.3, -0.25) is 0 Å². The summed E-state index contributed by atoms with van der Waals surface area (Å²) in [6.07, 6.45) is -4.41. The largest absolute Gasteiger partial charge is 0.460 e. The molecule has 1 aromatic heterocycles. The lowest BCUT2D eigenvalue weighted by molar-refractivity contribution is -0.136. The maximum Gasteiger partial charge on any atom is 0.420 e. The van der Waals surface area contributed by atoms with E-state index >= 15 is 0 Å². The topological polar surface area (TPSA) is 13.1 Å². The molecule has 1 nitrogen and oxygen atoms in total. The van der Waals surface area contributed by atoms with Gasteiger partial charge in [-0.25, -0.2) is 0 Å². The Kier molecular flexibility index (Phi) is 3.39. The van der Waals surface area contributed by atoms with Crippen molar-refractivity contribution in [2.75, 3.05) is 0 Å². The summed E-state index contributed by atoms with van der Waals surface area (Å²) in [6, 6.07) is 4.70. The molecule has 0 aliphatic heterocycles. The molecule has 0 bridgehead atoms. The highest BCUT2D eigenvalue weighted by Crippen LogP contribution is 2.40. The van der Waals surface area contributed by atoms with Gasteiger partial charge in [0.1, 0.15) is 11.3 Å². The quantitative estimate of drug-likeness (QED) is 0.638. The molecule has 1 aromatic carbocycles. The van der Waals surface area contributed by atoms with Gasteiger partial charge in [0.05, 0.1) is 5.56 Å². The molecule has 110 valence electrons. The molecule has 0 fully saturated rings. The van der Waals surface area contributed by atoms with Gasteiger partial charge >= 0.3 is 6.18 Å². The fourth-order valence-corrected chi connectivity index (χ4v) is 2.09. The second-order valence-electron chi connectivity index (χ2n) is 6.50. The molecule has 0 radical (unpaired) electrons. The maximum absolute atomic E-state index is 13.2. The minimum atomic E-state index is -4.41. The molecule has 0 aliphatic rings. The van der Waals surface area contributed by atoms with Crippen LogP contribution in [0.1, 0.15) is 57.4 Å². The van der Waals surface area contributed by atoms with Crippen LogP contribution >= 0.6 is 0 Å². The van der Waals surface area contributed by atoms with Crippen molar-refractivity contribution >= 4 is 11.0 Å². The van der Waals surface area contributed by atoms with Crippen LogP contribution in [0.25, 0.3) is 11.0 Å². The molecule has 2 aromatic rings. The minimum Gasteiger partial charge on any atom is -0.460 e. The van der Waals surface area contributed by atoms with Crippen molar-refractivity contribution in [1.82, 2.24) is 0 Å². The number of hydrogen-bond donors (Lipinski definition) is 0. The zero-order chi connectivity index (χ0) is 15.3. The first-order valence-corrected chi connectivity index (χ1v) is 6.65. The molecular weight excluding hydrogens is 265 g/mol. The molecule has 20 heavy (non-hydrogen) atoms. The highest BCUT2D eigenvalue weighted by atomic mass is 19.4. The van der Waals surface area contributed by atoms with Gasteiger partial charge in [0.25, 0.3) is 0 Å². The van der Waals surface area contributed by atoms with Gasteiger partial charge in [-0.2, -0.15) is 13.2 Å². The number of furan rings is 1. The summed E-state index contributed by atoms with van der Waals surface area (Å²) in [5.41, 5.74) is -0.396. The summed E-state index contributed by atoms with van der Waals surface area (Å²) in [5, 5.41) is 0.522. The number of alkyl halides is 3. The van der Waals surface area contributed by atoms with E-state index in [1.165, 1.54) is 6.07 Å². The average molecular weight is 284 g/mol. The van der Waals surface area contributed by atoms with E-state index < -0.39 is 11.7 Å². The zero-order valence-electron chi connectivity index (χ0n) is 12.4. The Morgan fingerprint density at radius 2 is 1.60 bits per heavy atom. The van der Waals surface area contributed by atoms with Gasteiger partial charge in [-0.05, 0) is 29.7 Å². The maximum atomic E-state index is 13.2. The number of halogens is 3. The Bertz CT molecular complexity index is 627. The summed E-state index contributed by atoms with van der Waals surface area (Å²) in [6.45, 7) is 9.52. The molecule has 0 saturated carbocycles. The average Bonchev–Trinajstić information content (AvgIpc) is 2.68. The van der Waals surface area contributed by atoms with E-state index in [1.807, 2.05) is 34.6 Å². The first-order valence-electron chi connectivity index (χ1n) is 6.65. The molecule has 0 atom stereocenters. The Labute approximate surface area is 116 Å². The summed E-state index contributed by atoms with van der Waals surface area (Å²) in [7, 11) is 0. The lowest BCUT2D eigenvalue weighted by Crippen LogP contribution is -2.09. The summed E-state index contributed by atoms with van der Waals surface area (Å²) in [5.74, 6) is 0.604. The van der Waals surface area contributed by atoms with Crippen molar-refractivity contribution < 1.29 is 17.6 Å². The van der Waals surface area contributed by atoms with E-state index in [0.717, 1.165) is 0 Å². The van der Waals surface area contributed by atoms with Crippen molar-refractivity contribution in [2.45, 2.75) is 52.1 Å². The summed E-state index contributed by atoms with van der Waals surface area (Å²) < 4.78 is 45.1. The van der Waals surface area contributed by atoms with Gasteiger partial charge in [0.15, 0.2) is 0 Å². The number of hydrogen-bond acceptors (Lipinski definition) is 1. The summed E-state index contributed by atoms with van der Waals surface area (Å²) in [4.78, 5) is 0. The first kappa shape index (κ1) is 14.9. The SMILES string of the molecule is CC(C)c1cc(C(F)(F)F)c2oc(C(C)(C)C)cc2c1. The van der Waals surface area contributed by atoms with Crippen LogP contribution in [0.4, 0.5) is 13.2 Å². The second kappa shape index (κ2) is 4.54. The van der Waals surface area contributed by atoms with Crippen LogP contribution in [-0.4, -0.2) is 0 Å². The van der Waals surface area contributed by atoms with Crippen LogP contribution in [0, 0.1) is 0 Å². The van der Waals surface area contributed by atoms with Crippen molar-refractivity contribution in [2.24, 2.45) is 0 Å². The molecule has 0 N–H and O–H groups in total. The molecule has 0 spiro atoms. The van der Waals surface area contributed by atoms with Crippen LogP contribution in [0.3, 0.4) is 0 Å². The van der Waals surface area contributed by atoms with Crippen LogP contribution in [0.2, 0.25) is 0 Å². The lowest BCUT2D eigenvalue weighted by atomic mass is 9.93. The standard InChI is InChI=1S/C16H19F3O/c1-9(2)10-6-11-8-13(15(3,4)5)20-14(11)12(7-10)16(17,18)19/h6-9H,1-5H3. The second-order valence-corrected chi connectivity index (χ2v) is 6.50. The highest BCUT2D eigenvalue weighted by Gasteiger charge is 2.35. The van der Waals surface area contributed by atoms with Crippen molar-refractivity contribution in [3.05, 3.63) is 35.1 Å². The zero-order valence-corrected chi connectivity index (χ0v) is 12.4. The molecule has 0 unspecified atom stereocenters. The fraction of sp³-hybridized carbons (Fsp3) is 0.500. The van der Waals surface area contributed by atoms with Crippen LogP contribution < -0.4 is 0 Å². The Balaban J connectivity index is 2.78. The summed E-state index contributed by atoms with van der Waals surface area (Å²) >= 11 is 0. The lowest BCUT2D eigenvalue weighted by Gasteiger charge is -2.14. The Morgan fingerprint density at radius 1 is 1.00 bits per heavy atom. The van der Waals surface area contributed by atoms with E-state index in [-0.39, 0.29) is 16.9 Å². The van der Waals surface area contributed by atoms with Gasteiger partial charge < -0.3 is 4.42 Å². The third-order valence-corrected chi connectivity index (χ3v) is 3.35. The van der Waals surface area contributed by atoms with Crippen molar-refractivity contribution in [3.8, 4) is 0 Å². The van der Waals surface area contributed by atoms with Gasteiger partial charge in [-0.1, -0.05) is 34.6 Å². The van der Waals surface area contributed by atoms with E-state index in [1.54, 1.807) is 12.1 Å². The molecule has 0 saturated heterocycles. The van der Waals surface area contributed by atoms with Gasteiger partial charge in [0, 0.05) is 10.8 Å². The molecule has 0 aliphatic carbocycles. The van der Waals surface area contributed by atoms with Crippen LogP contribution in [0.5, 0.6) is 0 Å². The normalized spacial score (nSPS) is 13.4.